The van der Waals surface area contributed by atoms with Crippen molar-refractivity contribution in [2.45, 2.75) is 25.3 Å². The number of amides is 1. The van der Waals surface area contributed by atoms with Gasteiger partial charge in [-0.1, -0.05) is 0 Å². The molecule has 1 unspecified atom stereocenters. The van der Waals surface area contributed by atoms with E-state index in [4.69, 9.17) is 0 Å². The van der Waals surface area contributed by atoms with Crippen LogP contribution in [0.3, 0.4) is 0 Å². The first-order valence-electron chi connectivity index (χ1n) is 8.00. The number of hydrogen-bond donors (Lipinski definition) is 1. The number of fused-ring (bicyclic) bond motifs is 1. The standard InChI is InChI=1S/C17H18N6O/c1-22-16(7-10-19-22)17(24)21-14-3-2-4-15-13(14)11-20-23(15)12-5-8-18-9-6-12/h5-11,14H,2-4H2,1H3,(H,21,24). The summed E-state index contributed by atoms with van der Waals surface area (Å²) in [5.74, 6) is -0.107. The van der Waals surface area contributed by atoms with Crippen molar-refractivity contribution in [3.63, 3.8) is 0 Å². The maximum Gasteiger partial charge on any atom is 0.270 e. The molecule has 3 aromatic rings. The fourth-order valence-corrected chi connectivity index (χ4v) is 3.24. The van der Waals surface area contributed by atoms with E-state index in [1.807, 2.05) is 23.0 Å². The van der Waals surface area contributed by atoms with Crippen LogP contribution < -0.4 is 5.32 Å². The van der Waals surface area contributed by atoms with Crippen molar-refractivity contribution in [3.8, 4) is 5.69 Å². The molecule has 0 radical (unpaired) electrons. The molecule has 0 aliphatic heterocycles. The molecular weight excluding hydrogens is 304 g/mol. The normalized spacial score (nSPS) is 16.6. The van der Waals surface area contributed by atoms with Gasteiger partial charge in [0.1, 0.15) is 5.69 Å². The van der Waals surface area contributed by atoms with Crippen LogP contribution >= 0.6 is 0 Å². The highest BCUT2D eigenvalue weighted by Gasteiger charge is 2.26. The van der Waals surface area contributed by atoms with Gasteiger partial charge < -0.3 is 5.32 Å². The Morgan fingerprint density at radius 3 is 2.79 bits per heavy atom. The molecule has 0 saturated heterocycles. The van der Waals surface area contributed by atoms with E-state index in [9.17, 15) is 4.79 Å². The number of aryl methyl sites for hydroxylation is 1. The first-order chi connectivity index (χ1) is 11.7. The molecule has 3 heterocycles. The summed E-state index contributed by atoms with van der Waals surface area (Å²) in [6.45, 7) is 0. The zero-order valence-electron chi connectivity index (χ0n) is 13.4. The molecule has 0 bridgehead atoms. The molecule has 1 aliphatic rings. The van der Waals surface area contributed by atoms with Crippen LogP contribution in [0.15, 0.2) is 43.0 Å². The molecule has 0 fully saturated rings. The number of nitrogens with zero attached hydrogens (tertiary/aromatic N) is 5. The van der Waals surface area contributed by atoms with Crippen molar-refractivity contribution in [3.05, 3.63) is 59.9 Å². The molecule has 122 valence electrons. The number of carbonyl (C=O) groups is 1. The monoisotopic (exact) mass is 322 g/mol. The Hall–Kier alpha value is -2.96. The molecule has 1 atom stereocenters. The number of aromatic nitrogens is 5. The zero-order chi connectivity index (χ0) is 16.5. The maximum absolute atomic E-state index is 12.5. The Balaban J connectivity index is 1.62. The largest absolute Gasteiger partial charge is 0.344 e. The van der Waals surface area contributed by atoms with Crippen molar-refractivity contribution in [2.24, 2.45) is 7.05 Å². The van der Waals surface area contributed by atoms with Gasteiger partial charge in [-0.2, -0.15) is 10.2 Å². The van der Waals surface area contributed by atoms with Crippen LogP contribution in [0.2, 0.25) is 0 Å². The smallest absolute Gasteiger partial charge is 0.270 e. The average molecular weight is 322 g/mol. The van der Waals surface area contributed by atoms with E-state index in [0.717, 1.165) is 36.2 Å². The highest BCUT2D eigenvalue weighted by Crippen LogP contribution is 2.31. The Morgan fingerprint density at radius 1 is 1.21 bits per heavy atom. The lowest BCUT2D eigenvalue weighted by molar-refractivity contribution is 0.0923. The van der Waals surface area contributed by atoms with E-state index in [0.29, 0.717) is 5.69 Å². The van der Waals surface area contributed by atoms with Crippen LogP contribution in [-0.2, 0) is 13.5 Å². The lowest BCUT2D eigenvalue weighted by Crippen LogP contribution is -2.32. The van der Waals surface area contributed by atoms with Gasteiger partial charge in [0, 0.05) is 36.9 Å². The van der Waals surface area contributed by atoms with Gasteiger partial charge in [0.15, 0.2) is 0 Å². The average Bonchev–Trinajstić information content (AvgIpc) is 3.22. The fraction of sp³-hybridized carbons (Fsp3) is 0.294. The third kappa shape index (κ3) is 2.47. The molecule has 1 amide bonds. The van der Waals surface area contributed by atoms with Crippen molar-refractivity contribution >= 4 is 5.91 Å². The van der Waals surface area contributed by atoms with Gasteiger partial charge in [-0.3, -0.25) is 14.5 Å². The fourth-order valence-electron chi connectivity index (χ4n) is 3.24. The third-order valence-electron chi connectivity index (χ3n) is 4.45. The van der Waals surface area contributed by atoms with Crippen LogP contribution in [-0.4, -0.2) is 30.5 Å². The summed E-state index contributed by atoms with van der Waals surface area (Å²) in [6.07, 6.45) is 9.89. The first kappa shape index (κ1) is 14.6. The molecule has 1 aliphatic carbocycles. The van der Waals surface area contributed by atoms with Crippen LogP contribution in [0.5, 0.6) is 0 Å². The number of nitrogens with one attached hydrogen (secondary N) is 1. The van der Waals surface area contributed by atoms with E-state index < -0.39 is 0 Å². The predicted octanol–water partition coefficient (Wildman–Crippen LogP) is 1.81. The minimum Gasteiger partial charge on any atom is -0.344 e. The van der Waals surface area contributed by atoms with E-state index in [1.54, 1.807) is 36.4 Å². The van der Waals surface area contributed by atoms with Crippen molar-refractivity contribution in [2.75, 3.05) is 0 Å². The Kier molecular flexibility index (Phi) is 3.60. The maximum atomic E-state index is 12.5. The summed E-state index contributed by atoms with van der Waals surface area (Å²) in [5.41, 5.74) is 3.80. The van der Waals surface area contributed by atoms with Crippen LogP contribution in [0.1, 0.15) is 40.6 Å². The van der Waals surface area contributed by atoms with Crippen LogP contribution in [0.25, 0.3) is 5.69 Å². The first-order valence-corrected chi connectivity index (χ1v) is 8.00. The van der Waals surface area contributed by atoms with Crippen LogP contribution in [0.4, 0.5) is 0 Å². The number of carbonyl (C=O) groups excluding carboxylic acids is 1. The summed E-state index contributed by atoms with van der Waals surface area (Å²) in [5, 5.41) is 11.7. The van der Waals surface area contributed by atoms with Crippen LogP contribution in [0, 0.1) is 0 Å². The van der Waals surface area contributed by atoms with Gasteiger partial charge in [-0.05, 0) is 37.5 Å². The molecule has 7 nitrogen and oxygen atoms in total. The highest BCUT2D eigenvalue weighted by molar-refractivity contribution is 5.92. The van der Waals surface area contributed by atoms with Crippen molar-refractivity contribution in [1.29, 1.82) is 0 Å². The third-order valence-corrected chi connectivity index (χ3v) is 4.45. The minimum atomic E-state index is -0.107. The van der Waals surface area contributed by atoms with E-state index in [-0.39, 0.29) is 11.9 Å². The van der Waals surface area contributed by atoms with Gasteiger partial charge in [0.25, 0.3) is 5.91 Å². The molecule has 7 heteroatoms. The quantitative estimate of drug-likeness (QED) is 0.798. The highest BCUT2D eigenvalue weighted by atomic mass is 16.2. The molecule has 3 aromatic heterocycles. The van der Waals surface area contributed by atoms with Crippen molar-refractivity contribution < 1.29 is 4.79 Å². The lowest BCUT2D eigenvalue weighted by atomic mass is 9.92. The van der Waals surface area contributed by atoms with Gasteiger partial charge in [-0.15, -0.1) is 0 Å². The second-order valence-corrected chi connectivity index (χ2v) is 5.92. The predicted molar refractivity (Wildman–Crippen MR) is 87.7 cm³/mol. The lowest BCUT2D eigenvalue weighted by Gasteiger charge is -2.24. The minimum absolute atomic E-state index is 0.0215. The van der Waals surface area contributed by atoms with E-state index >= 15 is 0 Å². The van der Waals surface area contributed by atoms with Crippen molar-refractivity contribution in [1.82, 2.24) is 29.9 Å². The molecule has 1 N–H and O–H groups in total. The van der Waals surface area contributed by atoms with Gasteiger partial charge in [0.05, 0.1) is 17.9 Å². The number of hydrogen-bond acceptors (Lipinski definition) is 4. The Bertz CT molecular complexity index is 866. The van der Waals surface area contributed by atoms with Gasteiger partial charge >= 0.3 is 0 Å². The molecule has 0 saturated carbocycles. The molecule has 4 rings (SSSR count). The summed E-state index contributed by atoms with van der Waals surface area (Å²) >= 11 is 0. The van der Waals surface area contributed by atoms with E-state index in [2.05, 4.69) is 20.5 Å². The number of pyridine rings is 1. The Labute approximate surface area is 139 Å². The summed E-state index contributed by atoms with van der Waals surface area (Å²) in [7, 11) is 1.77. The molecule has 0 spiro atoms. The van der Waals surface area contributed by atoms with Gasteiger partial charge in [0.2, 0.25) is 0 Å². The summed E-state index contributed by atoms with van der Waals surface area (Å²) < 4.78 is 3.53. The summed E-state index contributed by atoms with van der Waals surface area (Å²) in [4.78, 5) is 16.5. The topological polar surface area (TPSA) is 77.6 Å². The number of rotatable bonds is 3. The van der Waals surface area contributed by atoms with E-state index in [1.165, 1.54) is 0 Å². The molecular formula is C17H18N6O. The zero-order valence-corrected chi connectivity index (χ0v) is 13.4. The Morgan fingerprint density at radius 2 is 2.04 bits per heavy atom. The summed E-state index contributed by atoms with van der Waals surface area (Å²) in [6, 6.07) is 5.57. The van der Waals surface area contributed by atoms with Gasteiger partial charge in [-0.25, -0.2) is 4.68 Å². The molecule has 24 heavy (non-hydrogen) atoms. The second-order valence-electron chi connectivity index (χ2n) is 5.92. The SMILES string of the molecule is Cn1nccc1C(=O)NC1CCCc2c1cnn2-c1ccncc1. The second kappa shape index (κ2) is 5.92. The molecule has 0 aromatic carbocycles.